The number of amides is 1. The molecular weight excluding hydrogens is 319 g/mol. The molecule has 1 aliphatic rings. The van der Waals surface area contributed by atoms with Crippen LogP contribution in [0.3, 0.4) is 0 Å². The van der Waals surface area contributed by atoms with Crippen molar-refractivity contribution in [3.8, 4) is 0 Å². The number of carbonyl (C=O) groups is 1. The van der Waals surface area contributed by atoms with Gasteiger partial charge in [-0.05, 0) is 31.0 Å². The highest BCUT2D eigenvalue weighted by atomic mass is 19.4. The number of rotatable bonds is 3. The van der Waals surface area contributed by atoms with E-state index in [1.807, 2.05) is 19.1 Å². The van der Waals surface area contributed by atoms with Crippen LogP contribution >= 0.6 is 0 Å². The number of hydrogen-bond donors (Lipinski definition) is 0. The molecule has 24 heavy (non-hydrogen) atoms. The van der Waals surface area contributed by atoms with Crippen molar-refractivity contribution in [1.82, 2.24) is 0 Å². The molecular formula is C18H16F3NO2. The highest BCUT2D eigenvalue weighted by Crippen LogP contribution is 2.46. The minimum absolute atomic E-state index is 0.286. The Hall–Kier alpha value is -2.34. The average molecular weight is 335 g/mol. The van der Waals surface area contributed by atoms with E-state index >= 15 is 0 Å². The number of para-hydroxylation sites is 1. The van der Waals surface area contributed by atoms with E-state index in [1.165, 1.54) is 18.2 Å². The first-order valence-electron chi connectivity index (χ1n) is 7.56. The van der Waals surface area contributed by atoms with E-state index in [0.717, 1.165) is 16.7 Å². The second-order valence-corrected chi connectivity index (χ2v) is 5.75. The molecule has 2 aromatic carbocycles. The van der Waals surface area contributed by atoms with Gasteiger partial charge < -0.3 is 0 Å². The van der Waals surface area contributed by atoms with Gasteiger partial charge in [-0.2, -0.15) is 18.2 Å². The molecule has 0 aliphatic carbocycles. The van der Waals surface area contributed by atoms with Crippen LogP contribution in [0.4, 0.5) is 18.9 Å². The van der Waals surface area contributed by atoms with E-state index in [1.54, 1.807) is 19.1 Å². The average Bonchev–Trinajstić information content (AvgIpc) is 2.55. The molecule has 0 N–H and O–H groups in total. The smallest absolute Gasteiger partial charge is 0.268 e. The van der Waals surface area contributed by atoms with Crippen LogP contribution in [-0.4, -0.2) is 5.91 Å². The van der Waals surface area contributed by atoms with Crippen molar-refractivity contribution in [2.45, 2.75) is 32.0 Å². The molecule has 1 amide bonds. The third-order valence-corrected chi connectivity index (χ3v) is 4.22. The zero-order valence-corrected chi connectivity index (χ0v) is 13.2. The molecule has 0 spiro atoms. The van der Waals surface area contributed by atoms with Crippen molar-refractivity contribution in [2.24, 2.45) is 0 Å². The molecule has 6 heteroatoms. The first kappa shape index (κ1) is 16.5. The molecule has 0 bridgehead atoms. The van der Waals surface area contributed by atoms with E-state index in [2.05, 4.69) is 0 Å². The SMILES string of the molecule is CCC1(c2ccc(C)cc2)ON(c2ccccc2C(F)(F)F)C1=O. The van der Waals surface area contributed by atoms with Gasteiger partial charge in [-0.25, -0.2) is 4.84 Å². The topological polar surface area (TPSA) is 29.5 Å². The number of hydroxylamine groups is 1. The van der Waals surface area contributed by atoms with Gasteiger partial charge in [0, 0.05) is 0 Å². The van der Waals surface area contributed by atoms with Crippen LogP contribution < -0.4 is 5.06 Å². The van der Waals surface area contributed by atoms with Gasteiger partial charge in [-0.3, -0.25) is 4.79 Å². The van der Waals surface area contributed by atoms with Gasteiger partial charge in [0.05, 0.1) is 11.3 Å². The Labute approximate surface area is 137 Å². The summed E-state index contributed by atoms with van der Waals surface area (Å²) in [4.78, 5) is 18.3. The Morgan fingerprint density at radius 2 is 1.71 bits per heavy atom. The molecule has 1 heterocycles. The van der Waals surface area contributed by atoms with Gasteiger partial charge >= 0.3 is 6.18 Å². The highest BCUT2D eigenvalue weighted by molar-refractivity contribution is 6.03. The van der Waals surface area contributed by atoms with E-state index in [9.17, 15) is 18.0 Å². The quantitative estimate of drug-likeness (QED) is 0.820. The van der Waals surface area contributed by atoms with E-state index in [0.29, 0.717) is 12.0 Å². The molecule has 2 aromatic rings. The fourth-order valence-corrected chi connectivity index (χ4v) is 2.83. The lowest BCUT2D eigenvalue weighted by atomic mass is 9.87. The first-order valence-corrected chi connectivity index (χ1v) is 7.56. The number of anilines is 1. The molecule has 1 aliphatic heterocycles. The standard InChI is InChI=1S/C18H16F3NO2/c1-3-17(13-10-8-12(2)9-11-13)16(23)22(24-17)15-7-5-4-6-14(15)18(19,20)21/h4-11H,3H2,1-2H3. The normalized spacial score (nSPS) is 20.9. The first-order chi connectivity index (χ1) is 11.3. The summed E-state index contributed by atoms with van der Waals surface area (Å²) in [7, 11) is 0. The second kappa shape index (κ2) is 5.63. The van der Waals surface area contributed by atoms with Crippen molar-refractivity contribution in [2.75, 3.05) is 5.06 Å². The summed E-state index contributed by atoms with van der Waals surface area (Å²) in [6.07, 6.45) is -4.23. The van der Waals surface area contributed by atoms with Gasteiger partial charge in [-0.1, -0.05) is 48.9 Å². The van der Waals surface area contributed by atoms with Crippen molar-refractivity contribution >= 4 is 11.6 Å². The fourth-order valence-electron chi connectivity index (χ4n) is 2.83. The van der Waals surface area contributed by atoms with Crippen LogP contribution in [0.15, 0.2) is 48.5 Å². The third kappa shape index (κ3) is 2.47. The summed E-state index contributed by atoms with van der Waals surface area (Å²) in [5.74, 6) is -0.495. The minimum atomic E-state index is -4.56. The monoisotopic (exact) mass is 335 g/mol. The number of hydrogen-bond acceptors (Lipinski definition) is 2. The lowest BCUT2D eigenvalue weighted by Crippen LogP contribution is -2.62. The lowest BCUT2D eigenvalue weighted by Gasteiger charge is -2.47. The zero-order chi connectivity index (χ0) is 17.5. The van der Waals surface area contributed by atoms with Crippen molar-refractivity contribution < 1.29 is 22.8 Å². The summed E-state index contributed by atoms with van der Waals surface area (Å²) in [5.41, 5.74) is -0.748. The molecule has 0 saturated carbocycles. The molecule has 3 nitrogen and oxygen atoms in total. The molecule has 1 unspecified atom stereocenters. The summed E-state index contributed by atoms with van der Waals surface area (Å²) in [6, 6.07) is 12.1. The Bertz CT molecular complexity index is 771. The maximum Gasteiger partial charge on any atom is 0.418 e. The van der Waals surface area contributed by atoms with Crippen molar-refractivity contribution in [3.63, 3.8) is 0 Å². The van der Waals surface area contributed by atoms with Crippen LogP contribution in [-0.2, 0) is 21.4 Å². The summed E-state index contributed by atoms with van der Waals surface area (Å²) in [5, 5.41) is 0.742. The maximum absolute atomic E-state index is 13.1. The molecule has 0 aromatic heterocycles. The second-order valence-electron chi connectivity index (χ2n) is 5.75. The Morgan fingerprint density at radius 3 is 2.25 bits per heavy atom. The number of alkyl halides is 3. The number of benzene rings is 2. The van der Waals surface area contributed by atoms with E-state index in [-0.39, 0.29) is 5.69 Å². The molecule has 126 valence electrons. The number of nitrogens with zero attached hydrogens (tertiary/aromatic N) is 1. The number of carbonyl (C=O) groups excluding carboxylic acids is 1. The predicted molar refractivity (Wildman–Crippen MR) is 83.2 cm³/mol. The predicted octanol–water partition coefficient (Wildman–Crippen LogP) is 4.60. The minimum Gasteiger partial charge on any atom is -0.268 e. The van der Waals surface area contributed by atoms with Crippen molar-refractivity contribution in [3.05, 3.63) is 65.2 Å². The van der Waals surface area contributed by atoms with Crippen LogP contribution in [0.5, 0.6) is 0 Å². The Kier molecular flexibility index (Phi) is 3.87. The number of aryl methyl sites for hydroxylation is 1. The number of halogens is 3. The van der Waals surface area contributed by atoms with Crippen LogP contribution in [0.2, 0.25) is 0 Å². The molecule has 1 saturated heterocycles. The summed E-state index contributed by atoms with van der Waals surface area (Å²) in [6.45, 7) is 3.68. The molecule has 3 rings (SSSR count). The molecule has 1 atom stereocenters. The zero-order valence-electron chi connectivity index (χ0n) is 13.2. The maximum atomic E-state index is 13.1. The van der Waals surface area contributed by atoms with Gasteiger partial charge in [-0.15, -0.1) is 0 Å². The van der Waals surface area contributed by atoms with Gasteiger partial charge in [0.25, 0.3) is 5.91 Å². The lowest BCUT2D eigenvalue weighted by molar-refractivity contribution is -0.192. The van der Waals surface area contributed by atoms with Gasteiger partial charge in [0.1, 0.15) is 0 Å². The fraction of sp³-hybridized carbons (Fsp3) is 0.278. The highest BCUT2D eigenvalue weighted by Gasteiger charge is 2.56. The summed E-state index contributed by atoms with van der Waals surface area (Å²) >= 11 is 0. The summed E-state index contributed by atoms with van der Waals surface area (Å²) < 4.78 is 39.4. The van der Waals surface area contributed by atoms with E-state index in [4.69, 9.17) is 4.84 Å². The van der Waals surface area contributed by atoms with Gasteiger partial charge in [0.2, 0.25) is 5.60 Å². The Morgan fingerprint density at radius 1 is 1.08 bits per heavy atom. The van der Waals surface area contributed by atoms with Crippen molar-refractivity contribution in [1.29, 1.82) is 0 Å². The third-order valence-electron chi connectivity index (χ3n) is 4.22. The molecule has 0 radical (unpaired) electrons. The van der Waals surface area contributed by atoms with Gasteiger partial charge in [0.15, 0.2) is 0 Å². The largest absolute Gasteiger partial charge is 0.418 e. The Balaban J connectivity index is 1.96. The van der Waals surface area contributed by atoms with Crippen LogP contribution in [0.1, 0.15) is 30.0 Å². The van der Waals surface area contributed by atoms with Crippen LogP contribution in [0.25, 0.3) is 0 Å². The van der Waals surface area contributed by atoms with Crippen LogP contribution in [0, 0.1) is 6.92 Å². The van der Waals surface area contributed by atoms with E-state index < -0.39 is 23.2 Å². The molecule has 1 fully saturated rings.